The minimum Gasteiger partial charge on any atom is -0.342 e. The summed E-state index contributed by atoms with van der Waals surface area (Å²) in [6, 6.07) is 8.53. The quantitative estimate of drug-likeness (QED) is 0.375. The smallest absolute Gasteiger partial charge is 0.342 e. The number of hydrogen-bond acceptors (Lipinski definition) is 4. The Balaban J connectivity index is 1.45. The minimum atomic E-state index is -4.65. The van der Waals surface area contributed by atoms with Crippen LogP contribution in [0, 0.1) is 5.92 Å². The van der Waals surface area contributed by atoms with E-state index in [4.69, 9.17) is 0 Å². The minimum absolute atomic E-state index is 0.0251. The van der Waals surface area contributed by atoms with Crippen molar-refractivity contribution in [1.82, 2.24) is 28.6 Å². The summed E-state index contributed by atoms with van der Waals surface area (Å²) in [6.07, 6.45) is 3.56. The molecule has 4 heterocycles. The van der Waals surface area contributed by atoms with Crippen LogP contribution in [0.4, 0.5) is 13.2 Å². The molecule has 8 nitrogen and oxygen atoms in total. The molecule has 204 valence electrons. The maximum Gasteiger partial charge on any atom is 0.418 e. The molecular formula is C28H29F3N6O2. The van der Waals surface area contributed by atoms with E-state index in [1.165, 1.54) is 23.9 Å². The van der Waals surface area contributed by atoms with Gasteiger partial charge < -0.3 is 9.47 Å². The molecule has 6 rings (SSSR count). The Hall–Kier alpha value is -3.89. The second kappa shape index (κ2) is 9.39. The number of hydrogen-bond donors (Lipinski definition) is 0. The third kappa shape index (κ3) is 4.43. The van der Waals surface area contributed by atoms with Crippen LogP contribution in [-0.2, 0) is 18.0 Å². The highest BCUT2D eigenvalue weighted by atomic mass is 19.4. The molecular weight excluding hydrogens is 509 g/mol. The van der Waals surface area contributed by atoms with Crippen molar-refractivity contribution in [2.24, 2.45) is 13.0 Å². The lowest BCUT2D eigenvalue weighted by Crippen LogP contribution is -2.25. The number of carbonyl (C=O) groups is 1. The molecule has 11 heteroatoms. The average Bonchev–Trinajstić information content (AvgIpc) is 3.59. The van der Waals surface area contributed by atoms with Crippen molar-refractivity contribution in [2.75, 3.05) is 13.1 Å². The molecule has 39 heavy (non-hydrogen) atoms. The summed E-state index contributed by atoms with van der Waals surface area (Å²) in [5, 5.41) is 8.39. The van der Waals surface area contributed by atoms with Crippen molar-refractivity contribution in [3.63, 3.8) is 0 Å². The van der Waals surface area contributed by atoms with Crippen LogP contribution in [-0.4, -0.2) is 47.6 Å². The summed E-state index contributed by atoms with van der Waals surface area (Å²) in [5.74, 6) is 0.801. The normalized spacial score (nSPS) is 19.0. The second-order valence-corrected chi connectivity index (χ2v) is 10.7. The predicted octanol–water partition coefficient (Wildman–Crippen LogP) is 4.51. The van der Waals surface area contributed by atoms with E-state index >= 15 is 0 Å². The van der Waals surface area contributed by atoms with Gasteiger partial charge in [-0.15, -0.1) is 10.2 Å². The van der Waals surface area contributed by atoms with Crippen molar-refractivity contribution in [3.05, 3.63) is 82.1 Å². The van der Waals surface area contributed by atoms with Crippen LogP contribution in [0.1, 0.15) is 67.0 Å². The maximum atomic E-state index is 14.2. The van der Waals surface area contributed by atoms with E-state index < -0.39 is 17.4 Å². The summed E-state index contributed by atoms with van der Waals surface area (Å²) in [5.41, 5.74) is 0.203. The van der Waals surface area contributed by atoms with Gasteiger partial charge in [0.25, 0.3) is 0 Å². The summed E-state index contributed by atoms with van der Waals surface area (Å²) < 4.78 is 46.9. The van der Waals surface area contributed by atoms with Crippen LogP contribution in [0.5, 0.6) is 0 Å². The molecule has 2 aliphatic rings. The van der Waals surface area contributed by atoms with Crippen LogP contribution in [0.3, 0.4) is 0 Å². The fraction of sp³-hybridized carbons (Fsp3) is 0.429. The third-order valence-electron chi connectivity index (χ3n) is 8.35. The molecule has 0 unspecified atom stereocenters. The zero-order chi connectivity index (χ0) is 27.5. The molecule has 1 saturated carbocycles. The summed E-state index contributed by atoms with van der Waals surface area (Å²) in [4.78, 5) is 27.0. The standard InChI is InChI=1S/C28H29F3N6O2/c1-17(38)35-10-9-20(13-35)21-12-23(28(29,30)31)24-15-36(27(39)37(24)14-21)22-8-4-7-19(11-22)25(18-5-3-6-18)26-33-32-16-34(26)2/h4,7-8,11-12,14-16,18,20,25H,3,5-6,9-10,13H2,1-2H3/t20-,25+/m0/s1. The van der Waals surface area contributed by atoms with Crippen LogP contribution >= 0.6 is 0 Å². The molecule has 0 N–H and O–H groups in total. The fourth-order valence-electron chi connectivity index (χ4n) is 6.01. The fourth-order valence-corrected chi connectivity index (χ4v) is 6.01. The number of aryl methyl sites for hydroxylation is 1. The topological polar surface area (TPSA) is 77.4 Å². The largest absolute Gasteiger partial charge is 0.418 e. The lowest BCUT2D eigenvalue weighted by atomic mass is 9.72. The van der Waals surface area contributed by atoms with Gasteiger partial charge in [-0.1, -0.05) is 18.6 Å². The number of imidazole rings is 1. The number of nitrogens with zero attached hydrogens (tertiary/aromatic N) is 6. The summed E-state index contributed by atoms with van der Waals surface area (Å²) in [6.45, 7) is 2.27. The molecule has 0 spiro atoms. The van der Waals surface area contributed by atoms with Gasteiger partial charge in [0.05, 0.1) is 16.8 Å². The number of benzene rings is 1. The van der Waals surface area contributed by atoms with Crippen LogP contribution in [0.25, 0.3) is 11.2 Å². The molecule has 1 amide bonds. The van der Waals surface area contributed by atoms with Gasteiger partial charge in [-0.3, -0.25) is 13.8 Å². The second-order valence-electron chi connectivity index (χ2n) is 10.7. The Morgan fingerprint density at radius 2 is 1.92 bits per heavy atom. The molecule has 1 saturated heterocycles. The average molecular weight is 539 g/mol. The van der Waals surface area contributed by atoms with Gasteiger partial charge >= 0.3 is 11.9 Å². The highest BCUT2D eigenvalue weighted by molar-refractivity contribution is 5.73. The number of halogens is 3. The van der Waals surface area contributed by atoms with E-state index in [9.17, 15) is 22.8 Å². The zero-order valence-corrected chi connectivity index (χ0v) is 21.7. The van der Waals surface area contributed by atoms with Crippen LogP contribution < -0.4 is 5.69 Å². The number of pyridine rings is 1. The Bertz CT molecular complexity index is 1610. The van der Waals surface area contributed by atoms with Gasteiger partial charge in [-0.05, 0) is 54.5 Å². The molecule has 1 aliphatic carbocycles. The predicted molar refractivity (Wildman–Crippen MR) is 138 cm³/mol. The number of fused-ring (bicyclic) bond motifs is 1. The Morgan fingerprint density at radius 1 is 1.13 bits per heavy atom. The number of aromatic nitrogens is 5. The van der Waals surface area contributed by atoms with E-state index in [1.54, 1.807) is 17.3 Å². The van der Waals surface area contributed by atoms with E-state index in [0.717, 1.165) is 41.1 Å². The number of likely N-dealkylation sites (tertiary alicyclic amines) is 1. The van der Waals surface area contributed by atoms with E-state index in [2.05, 4.69) is 10.2 Å². The van der Waals surface area contributed by atoms with Crippen molar-refractivity contribution >= 4 is 11.4 Å². The lowest BCUT2D eigenvalue weighted by Gasteiger charge is -2.33. The molecule has 1 aromatic carbocycles. The van der Waals surface area contributed by atoms with Gasteiger partial charge in [0.15, 0.2) is 0 Å². The zero-order valence-electron chi connectivity index (χ0n) is 21.7. The first-order chi connectivity index (χ1) is 18.6. The SMILES string of the molecule is CC(=O)N1CC[C@H](c2cc(C(F)(F)F)c3cn(-c4cccc([C@H](c5nncn5C)C5CCC5)c4)c(=O)n3c2)C1. The molecule has 2 fully saturated rings. The van der Waals surface area contributed by atoms with Crippen molar-refractivity contribution in [2.45, 2.75) is 50.6 Å². The molecule has 3 aromatic heterocycles. The molecule has 1 aliphatic heterocycles. The lowest BCUT2D eigenvalue weighted by molar-refractivity contribution is -0.136. The first kappa shape index (κ1) is 25.4. The van der Waals surface area contributed by atoms with Crippen molar-refractivity contribution in [1.29, 1.82) is 0 Å². The van der Waals surface area contributed by atoms with Gasteiger partial charge in [-0.25, -0.2) is 4.79 Å². The molecule has 0 radical (unpaired) electrons. The van der Waals surface area contributed by atoms with Crippen molar-refractivity contribution < 1.29 is 18.0 Å². The van der Waals surface area contributed by atoms with Crippen LogP contribution in [0.2, 0.25) is 0 Å². The van der Waals surface area contributed by atoms with Crippen molar-refractivity contribution in [3.8, 4) is 5.69 Å². The van der Waals surface area contributed by atoms with E-state index in [0.29, 0.717) is 36.7 Å². The highest BCUT2D eigenvalue weighted by Gasteiger charge is 2.37. The summed E-state index contributed by atoms with van der Waals surface area (Å²) in [7, 11) is 1.89. The third-order valence-corrected chi connectivity index (χ3v) is 8.35. The molecule has 2 atom stereocenters. The molecule has 0 bridgehead atoms. The van der Waals surface area contributed by atoms with Crippen LogP contribution in [0.15, 0.2) is 53.8 Å². The number of alkyl halides is 3. The Labute approximate surface area is 222 Å². The van der Waals surface area contributed by atoms with Gasteiger partial charge in [0.1, 0.15) is 12.2 Å². The first-order valence-electron chi connectivity index (χ1n) is 13.2. The Morgan fingerprint density at radius 3 is 2.54 bits per heavy atom. The van der Waals surface area contributed by atoms with Gasteiger partial charge in [0, 0.05) is 51.3 Å². The first-order valence-corrected chi connectivity index (χ1v) is 13.2. The van der Waals surface area contributed by atoms with E-state index in [-0.39, 0.29) is 23.3 Å². The van der Waals surface area contributed by atoms with Gasteiger partial charge in [-0.2, -0.15) is 13.2 Å². The monoisotopic (exact) mass is 538 g/mol. The van der Waals surface area contributed by atoms with E-state index in [1.807, 2.05) is 29.8 Å². The van der Waals surface area contributed by atoms with Gasteiger partial charge in [0.2, 0.25) is 5.91 Å². The number of rotatable bonds is 5. The molecule has 4 aromatic rings. The number of carbonyl (C=O) groups excluding carboxylic acids is 1. The summed E-state index contributed by atoms with van der Waals surface area (Å²) >= 11 is 0. The highest BCUT2D eigenvalue weighted by Crippen LogP contribution is 2.43. The Kier molecular flexibility index (Phi) is 6.11. The maximum absolute atomic E-state index is 14.2. The number of amides is 1.